The summed E-state index contributed by atoms with van der Waals surface area (Å²) in [5, 5.41) is 12.6. The topological polar surface area (TPSA) is 52.6 Å². The maximum absolute atomic E-state index is 12.2. The molecular weight excluding hydrogens is 288 g/mol. The summed E-state index contributed by atoms with van der Waals surface area (Å²) in [6.45, 7) is 10.8. The minimum atomic E-state index is -0.104. The van der Waals surface area contributed by atoms with Crippen molar-refractivity contribution in [2.75, 3.05) is 26.2 Å². The third-order valence-corrected chi connectivity index (χ3v) is 5.48. The molecule has 1 aliphatic heterocycles. The van der Waals surface area contributed by atoms with Gasteiger partial charge in [0.05, 0.1) is 6.10 Å². The van der Waals surface area contributed by atoms with Gasteiger partial charge in [0, 0.05) is 26.1 Å². The van der Waals surface area contributed by atoms with Crippen molar-refractivity contribution in [1.82, 2.24) is 10.2 Å². The van der Waals surface area contributed by atoms with Gasteiger partial charge in [-0.15, -0.1) is 0 Å². The van der Waals surface area contributed by atoms with Crippen LogP contribution in [-0.2, 0) is 4.79 Å². The summed E-state index contributed by atoms with van der Waals surface area (Å²) >= 11 is 0. The Kier molecular flexibility index (Phi) is 6.90. The highest BCUT2D eigenvalue weighted by Crippen LogP contribution is 2.42. The number of carbonyl (C=O) groups excluding carboxylic acids is 1. The van der Waals surface area contributed by atoms with E-state index in [4.69, 9.17) is 0 Å². The first-order valence-electron chi connectivity index (χ1n) is 9.51. The molecular formula is C19H36N2O2. The van der Waals surface area contributed by atoms with Gasteiger partial charge in [-0.3, -0.25) is 4.79 Å². The summed E-state index contributed by atoms with van der Waals surface area (Å²) < 4.78 is 0. The van der Waals surface area contributed by atoms with Gasteiger partial charge in [-0.05, 0) is 62.3 Å². The van der Waals surface area contributed by atoms with Gasteiger partial charge in [0.25, 0.3) is 0 Å². The van der Waals surface area contributed by atoms with E-state index < -0.39 is 0 Å². The Hall–Kier alpha value is -0.610. The Bertz CT molecular complexity index is 376. The second-order valence-corrected chi connectivity index (χ2v) is 8.76. The van der Waals surface area contributed by atoms with Crippen LogP contribution in [0.15, 0.2) is 0 Å². The quantitative estimate of drug-likeness (QED) is 0.739. The van der Waals surface area contributed by atoms with Crippen LogP contribution in [0.5, 0.6) is 0 Å². The molecule has 4 nitrogen and oxygen atoms in total. The molecule has 1 heterocycles. The normalized spacial score (nSPS) is 29.4. The van der Waals surface area contributed by atoms with Crippen molar-refractivity contribution < 1.29 is 9.90 Å². The lowest BCUT2D eigenvalue weighted by atomic mass is 9.67. The number of nitrogens with zero attached hydrogens (tertiary/aromatic N) is 1. The first-order valence-corrected chi connectivity index (χ1v) is 9.51. The lowest BCUT2D eigenvalue weighted by molar-refractivity contribution is -0.122. The van der Waals surface area contributed by atoms with Crippen molar-refractivity contribution in [3.05, 3.63) is 0 Å². The third-order valence-electron chi connectivity index (χ3n) is 5.48. The van der Waals surface area contributed by atoms with Gasteiger partial charge in [0.15, 0.2) is 0 Å². The number of likely N-dealkylation sites (tertiary alicyclic amines) is 1. The summed E-state index contributed by atoms with van der Waals surface area (Å²) in [4.78, 5) is 14.6. The van der Waals surface area contributed by atoms with E-state index in [-0.39, 0.29) is 12.0 Å². The van der Waals surface area contributed by atoms with E-state index in [2.05, 4.69) is 31.0 Å². The van der Waals surface area contributed by atoms with Crippen molar-refractivity contribution in [3.63, 3.8) is 0 Å². The Morgan fingerprint density at radius 1 is 1.26 bits per heavy atom. The summed E-state index contributed by atoms with van der Waals surface area (Å²) in [5.41, 5.74) is 0.390. The second-order valence-electron chi connectivity index (χ2n) is 8.76. The minimum Gasteiger partial charge on any atom is -0.393 e. The highest BCUT2D eigenvalue weighted by molar-refractivity contribution is 5.76. The molecule has 1 saturated carbocycles. The van der Waals surface area contributed by atoms with Crippen LogP contribution in [0.2, 0.25) is 0 Å². The molecule has 2 atom stereocenters. The minimum absolute atomic E-state index is 0.104. The van der Waals surface area contributed by atoms with E-state index in [9.17, 15) is 9.90 Å². The number of hydrogen-bond acceptors (Lipinski definition) is 3. The van der Waals surface area contributed by atoms with Gasteiger partial charge in [0.1, 0.15) is 0 Å². The van der Waals surface area contributed by atoms with Crippen LogP contribution in [0.3, 0.4) is 0 Å². The first kappa shape index (κ1) is 18.7. The average molecular weight is 325 g/mol. The van der Waals surface area contributed by atoms with E-state index in [1.165, 1.54) is 19.3 Å². The Morgan fingerprint density at radius 3 is 2.61 bits per heavy atom. The summed E-state index contributed by atoms with van der Waals surface area (Å²) in [6.07, 6.45) is 7.05. The first-order chi connectivity index (χ1) is 10.8. The Balaban J connectivity index is 1.58. The van der Waals surface area contributed by atoms with Gasteiger partial charge in [-0.2, -0.15) is 0 Å². The smallest absolute Gasteiger partial charge is 0.220 e. The fourth-order valence-electron chi connectivity index (χ4n) is 4.71. The largest absolute Gasteiger partial charge is 0.393 e. The molecule has 2 aliphatic rings. The number of carbonyl (C=O) groups is 1. The molecule has 0 aromatic rings. The van der Waals surface area contributed by atoms with E-state index >= 15 is 0 Å². The summed E-state index contributed by atoms with van der Waals surface area (Å²) in [5.74, 6) is 1.53. The van der Waals surface area contributed by atoms with Gasteiger partial charge < -0.3 is 15.3 Å². The van der Waals surface area contributed by atoms with E-state index in [0.29, 0.717) is 17.8 Å². The second kappa shape index (κ2) is 8.48. The van der Waals surface area contributed by atoms with Gasteiger partial charge >= 0.3 is 0 Å². The maximum Gasteiger partial charge on any atom is 0.220 e. The molecule has 1 aliphatic carbocycles. The van der Waals surface area contributed by atoms with E-state index in [0.717, 1.165) is 51.4 Å². The Morgan fingerprint density at radius 2 is 1.96 bits per heavy atom. The number of nitrogens with one attached hydrogen (secondary N) is 1. The molecule has 0 radical (unpaired) electrons. The molecule has 2 fully saturated rings. The van der Waals surface area contributed by atoms with Crippen LogP contribution in [0, 0.1) is 17.3 Å². The predicted octanol–water partition coefficient (Wildman–Crippen LogP) is 2.80. The van der Waals surface area contributed by atoms with Crippen LogP contribution >= 0.6 is 0 Å². The van der Waals surface area contributed by atoms with E-state index in [1.807, 2.05) is 0 Å². The molecule has 0 aromatic carbocycles. The van der Waals surface area contributed by atoms with Gasteiger partial charge in [0.2, 0.25) is 5.91 Å². The lowest BCUT2D eigenvalue weighted by Crippen LogP contribution is -2.38. The molecule has 0 spiro atoms. The molecule has 4 heteroatoms. The molecule has 2 rings (SSSR count). The van der Waals surface area contributed by atoms with Crippen molar-refractivity contribution >= 4 is 5.91 Å². The van der Waals surface area contributed by atoms with Crippen LogP contribution < -0.4 is 5.32 Å². The van der Waals surface area contributed by atoms with Gasteiger partial charge in [-0.25, -0.2) is 0 Å². The molecule has 1 saturated heterocycles. The van der Waals surface area contributed by atoms with Gasteiger partial charge in [-0.1, -0.05) is 20.8 Å². The predicted molar refractivity (Wildman–Crippen MR) is 94.2 cm³/mol. The number of aliphatic hydroxyl groups is 1. The maximum atomic E-state index is 12.2. The molecule has 23 heavy (non-hydrogen) atoms. The Labute approximate surface area is 142 Å². The molecule has 0 bridgehead atoms. The molecule has 2 N–H and O–H groups in total. The fraction of sp³-hybridized carbons (Fsp3) is 0.947. The number of rotatable bonds is 6. The number of amides is 1. The monoisotopic (exact) mass is 324 g/mol. The highest BCUT2D eigenvalue weighted by Gasteiger charge is 2.32. The lowest BCUT2D eigenvalue weighted by Gasteiger charge is -2.38. The van der Waals surface area contributed by atoms with Crippen molar-refractivity contribution in [2.45, 2.75) is 71.8 Å². The highest BCUT2D eigenvalue weighted by atomic mass is 16.3. The van der Waals surface area contributed by atoms with Crippen molar-refractivity contribution in [1.29, 1.82) is 0 Å². The SMILES string of the molecule is CC1CC(CC(=O)NCCCN2CCC(O)CC2)CC(C)(C)C1. The van der Waals surface area contributed by atoms with Crippen molar-refractivity contribution in [2.24, 2.45) is 17.3 Å². The van der Waals surface area contributed by atoms with Crippen molar-refractivity contribution in [3.8, 4) is 0 Å². The van der Waals surface area contributed by atoms with E-state index in [1.54, 1.807) is 0 Å². The zero-order valence-electron chi connectivity index (χ0n) is 15.3. The zero-order valence-corrected chi connectivity index (χ0v) is 15.3. The van der Waals surface area contributed by atoms with Crippen LogP contribution in [-0.4, -0.2) is 48.2 Å². The van der Waals surface area contributed by atoms with Crippen LogP contribution in [0.4, 0.5) is 0 Å². The summed E-state index contributed by atoms with van der Waals surface area (Å²) in [7, 11) is 0. The van der Waals surface area contributed by atoms with Crippen LogP contribution in [0.1, 0.15) is 65.7 Å². The van der Waals surface area contributed by atoms with Crippen LogP contribution in [0.25, 0.3) is 0 Å². The fourth-order valence-corrected chi connectivity index (χ4v) is 4.71. The standard InChI is InChI=1S/C19H36N2O2/c1-15-11-16(14-19(2,3)13-15)12-18(23)20-7-4-8-21-9-5-17(22)6-10-21/h15-17,22H,4-14H2,1-3H3,(H,20,23). The third kappa shape index (κ3) is 6.80. The molecule has 1 amide bonds. The number of aliphatic hydroxyl groups excluding tert-OH is 1. The molecule has 2 unspecified atom stereocenters. The zero-order chi connectivity index (χ0) is 16.9. The number of piperidine rings is 1. The molecule has 0 aromatic heterocycles. The number of hydrogen-bond donors (Lipinski definition) is 2. The summed E-state index contributed by atoms with van der Waals surface area (Å²) in [6, 6.07) is 0. The molecule has 134 valence electrons. The average Bonchev–Trinajstić information content (AvgIpc) is 2.43.